The van der Waals surface area contributed by atoms with E-state index in [0.717, 1.165) is 6.07 Å². The zero-order valence-corrected chi connectivity index (χ0v) is 17.7. The van der Waals surface area contributed by atoms with E-state index in [4.69, 9.17) is 5.26 Å². The minimum Gasteiger partial charge on any atom is -0.357 e. The fourth-order valence-corrected chi connectivity index (χ4v) is 3.59. The van der Waals surface area contributed by atoms with E-state index >= 15 is 0 Å². The summed E-state index contributed by atoms with van der Waals surface area (Å²) in [5.74, 6) is -0.712. The second kappa shape index (κ2) is 8.54. The highest BCUT2D eigenvalue weighted by Crippen LogP contribution is 2.42. The molecule has 35 heavy (non-hydrogen) atoms. The van der Waals surface area contributed by atoms with Crippen molar-refractivity contribution in [2.45, 2.75) is 12.4 Å². The molecule has 1 N–H and O–H groups in total. The lowest BCUT2D eigenvalue weighted by Gasteiger charge is -2.17. The summed E-state index contributed by atoms with van der Waals surface area (Å²) in [6.07, 6.45) is -9.77. The monoisotopic (exact) mass is 490 g/mol. The SMILES string of the molecule is CNc1nc(-c2ccc(C#N)c(F)c2)c2cc(-c3cc(C(F)(F)F)ccc3C(F)(F)F)ccc2n1. The first-order valence-electron chi connectivity index (χ1n) is 9.91. The van der Waals surface area contributed by atoms with E-state index in [9.17, 15) is 30.7 Å². The van der Waals surface area contributed by atoms with Crippen LogP contribution in [-0.4, -0.2) is 17.0 Å². The first kappa shape index (κ1) is 23.9. The molecule has 0 aliphatic carbocycles. The van der Waals surface area contributed by atoms with Gasteiger partial charge in [-0.25, -0.2) is 14.4 Å². The van der Waals surface area contributed by atoms with E-state index in [1.807, 2.05) is 0 Å². The molecule has 0 aliphatic rings. The minimum absolute atomic E-state index is 0.116. The van der Waals surface area contributed by atoms with Crippen molar-refractivity contribution in [3.8, 4) is 28.5 Å². The maximum atomic E-state index is 14.3. The Morgan fingerprint density at radius 2 is 1.54 bits per heavy atom. The Balaban J connectivity index is 2.01. The normalized spacial score (nSPS) is 12.0. The molecule has 0 radical (unpaired) electrons. The average Bonchev–Trinajstić information content (AvgIpc) is 2.81. The predicted octanol–water partition coefficient (Wildman–Crippen LogP) is 7.05. The second-order valence-corrected chi connectivity index (χ2v) is 7.44. The van der Waals surface area contributed by atoms with Crippen LogP contribution in [0.4, 0.5) is 36.7 Å². The smallest absolute Gasteiger partial charge is 0.357 e. The van der Waals surface area contributed by atoms with Gasteiger partial charge in [0.2, 0.25) is 5.95 Å². The van der Waals surface area contributed by atoms with Gasteiger partial charge < -0.3 is 5.32 Å². The molecule has 11 heteroatoms. The Morgan fingerprint density at radius 3 is 2.14 bits per heavy atom. The number of aromatic nitrogens is 2. The molecular formula is C24H13F7N4. The number of rotatable bonds is 3. The Labute approximate surface area is 193 Å². The maximum Gasteiger partial charge on any atom is 0.417 e. The van der Waals surface area contributed by atoms with Gasteiger partial charge in [-0.15, -0.1) is 0 Å². The van der Waals surface area contributed by atoms with Crippen molar-refractivity contribution in [3.05, 3.63) is 77.1 Å². The van der Waals surface area contributed by atoms with E-state index < -0.39 is 34.9 Å². The third kappa shape index (κ3) is 4.59. The van der Waals surface area contributed by atoms with Crippen molar-refractivity contribution in [3.63, 3.8) is 0 Å². The van der Waals surface area contributed by atoms with Crippen molar-refractivity contribution >= 4 is 16.9 Å². The van der Waals surface area contributed by atoms with Crippen LogP contribution in [0.2, 0.25) is 0 Å². The Bertz CT molecular complexity index is 1480. The van der Waals surface area contributed by atoms with E-state index in [2.05, 4.69) is 15.3 Å². The number of alkyl halides is 6. The molecule has 0 saturated heterocycles. The average molecular weight is 490 g/mol. The number of nitriles is 1. The lowest BCUT2D eigenvalue weighted by atomic mass is 9.94. The third-order valence-corrected chi connectivity index (χ3v) is 5.25. The molecule has 3 aromatic carbocycles. The highest BCUT2D eigenvalue weighted by molar-refractivity contribution is 5.96. The highest BCUT2D eigenvalue weighted by Gasteiger charge is 2.37. The zero-order chi connectivity index (χ0) is 25.5. The van der Waals surface area contributed by atoms with Crippen LogP contribution in [0.1, 0.15) is 16.7 Å². The molecule has 1 aromatic heterocycles. The molecule has 4 nitrogen and oxygen atoms in total. The van der Waals surface area contributed by atoms with Crippen LogP contribution in [-0.2, 0) is 12.4 Å². The molecule has 0 aliphatic heterocycles. The summed E-state index contributed by atoms with van der Waals surface area (Å²) >= 11 is 0. The van der Waals surface area contributed by atoms with Gasteiger partial charge in [-0.3, -0.25) is 0 Å². The Morgan fingerprint density at radius 1 is 0.829 bits per heavy atom. The quantitative estimate of drug-likeness (QED) is 0.313. The van der Waals surface area contributed by atoms with E-state index in [-0.39, 0.29) is 39.2 Å². The lowest BCUT2D eigenvalue weighted by Crippen LogP contribution is -2.11. The lowest BCUT2D eigenvalue weighted by molar-refractivity contribution is -0.141. The van der Waals surface area contributed by atoms with Crippen molar-refractivity contribution in [2.24, 2.45) is 0 Å². The molecule has 0 spiro atoms. The van der Waals surface area contributed by atoms with Gasteiger partial charge in [0.1, 0.15) is 11.9 Å². The van der Waals surface area contributed by atoms with Gasteiger partial charge in [-0.1, -0.05) is 12.1 Å². The number of benzene rings is 3. The van der Waals surface area contributed by atoms with Gasteiger partial charge in [0.15, 0.2) is 0 Å². The number of nitrogens with zero attached hydrogens (tertiary/aromatic N) is 3. The minimum atomic E-state index is -4.92. The molecule has 0 amide bonds. The van der Waals surface area contributed by atoms with Gasteiger partial charge in [-0.05, 0) is 53.6 Å². The van der Waals surface area contributed by atoms with Gasteiger partial charge in [0.05, 0.1) is 27.9 Å². The van der Waals surface area contributed by atoms with E-state index in [1.165, 1.54) is 37.4 Å². The Kier molecular flexibility index (Phi) is 5.84. The molecule has 0 atom stereocenters. The van der Waals surface area contributed by atoms with Gasteiger partial charge in [0.25, 0.3) is 0 Å². The summed E-state index contributed by atoms with van der Waals surface area (Å²) in [6.45, 7) is 0. The summed E-state index contributed by atoms with van der Waals surface area (Å²) in [6, 6.07) is 10.3. The number of halogens is 7. The van der Waals surface area contributed by atoms with Crippen LogP contribution in [0.5, 0.6) is 0 Å². The van der Waals surface area contributed by atoms with Crippen molar-refractivity contribution < 1.29 is 30.7 Å². The fraction of sp³-hybridized carbons (Fsp3) is 0.125. The van der Waals surface area contributed by atoms with E-state index in [1.54, 1.807) is 6.07 Å². The van der Waals surface area contributed by atoms with Crippen LogP contribution in [0, 0.1) is 17.1 Å². The molecule has 178 valence electrons. The van der Waals surface area contributed by atoms with Gasteiger partial charge >= 0.3 is 12.4 Å². The number of fused-ring (bicyclic) bond motifs is 1. The molecule has 1 heterocycles. The summed E-state index contributed by atoms with van der Waals surface area (Å²) in [5, 5.41) is 11.9. The third-order valence-electron chi connectivity index (χ3n) is 5.25. The van der Waals surface area contributed by atoms with Gasteiger partial charge in [0, 0.05) is 18.0 Å². The van der Waals surface area contributed by atoms with E-state index in [0.29, 0.717) is 18.2 Å². The first-order valence-corrected chi connectivity index (χ1v) is 9.91. The van der Waals surface area contributed by atoms with Crippen molar-refractivity contribution in [2.75, 3.05) is 12.4 Å². The van der Waals surface area contributed by atoms with Crippen molar-refractivity contribution in [1.29, 1.82) is 5.26 Å². The van der Waals surface area contributed by atoms with Crippen LogP contribution in [0.15, 0.2) is 54.6 Å². The molecule has 4 rings (SSSR count). The largest absolute Gasteiger partial charge is 0.417 e. The summed E-state index contributed by atoms with van der Waals surface area (Å²) in [4.78, 5) is 8.50. The van der Waals surface area contributed by atoms with Crippen LogP contribution < -0.4 is 5.32 Å². The maximum absolute atomic E-state index is 14.3. The van der Waals surface area contributed by atoms with Gasteiger partial charge in [-0.2, -0.15) is 31.6 Å². The zero-order valence-electron chi connectivity index (χ0n) is 17.7. The molecule has 4 aromatic rings. The highest BCUT2D eigenvalue weighted by atomic mass is 19.4. The number of anilines is 1. The summed E-state index contributed by atoms with van der Waals surface area (Å²) in [5.41, 5.74) is -2.97. The topological polar surface area (TPSA) is 61.6 Å². The standard InChI is InChI=1S/C24H13F7N4/c1-33-22-34-20-7-4-12(16-10-15(23(26,27)28)5-6-18(16)24(29,30)31)8-17(20)21(35-22)13-2-3-14(11-32)19(25)9-13/h2-10H,1H3,(H,33,34,35). The van der Waals surface area contributed by atoms with Crippen molar-refractivity contribution in [1.82, 2.24) is 9.97 Å². The van der Waals surface area contributed by atoms with Crippen LogP contribution >= 0.6 is 0 Å². The Hall–Kier alpha value is -4.20. The first-order chi connectivity index (χ1) is 16.4. The van der Waals surface area contributed by atoms with Crippen LogP contribution in [0.3, 0.4) is 0 Å². The number of hydrogen-bond donors (Lipinski definition) is 1. The molecular weight excluding hydrogens is 477 g/mol. The van der Waals surface area contributed by atoms with Crippen LogP contribution in [0.25, 0.3) is 33.3 Å². The summed E-state index contributed by atoms with van der Waals surface area (Å²) in [7, 11) is 1.52. The molecule has 0 unspecified atom stereocenters. The fourth-order valence-electron chi connectivity index (χ4n) is 3.59. The molecule has 0 fully saturated rings. The molecule has 0 saturated carbocycles. The predicted molar refractivity (Wildman–Crippen MR) is 115 cm³/mol. The number of nitrogens with one attached hydrogen (secondary N) is 1. The second-order valence-electron chi connectivity index (χ2n) is 7.44. The number of hydrogen-bond acceptors (Lipinski definition) is 4. The molecule has 0 bridgehead atoms. The summed E-state index contributed by atoms with van der Waals surface area (Å²) < 4.78 is 95.0.